The predicted molar refractivity (Wildman–Crippen MR) is 85.0 cm³/mol. The van der Waals surface area contributed by atoms with Crippen molar-refractivity contribution in [3.05, 3.63) is 30.5 Å². The molecule has 1 aromatic heterocycles. The van der Waals surface area contributed by atoms with Gasteiger partial charge in [0.25, 0.3) is 0 Å². The molecule has 0 radical (unpaired) electrons. The number of hydrogen-bond donors (Lipinski definition) is 2. The number of nitrogens with two attached hydrogens (primary N) is 1. The zero-order valence-corrected chi connectivity index (χ0v) is 13.0. The van der Waals surface area contributed by atoms with Crippen LogP contribution in [0.4, 0.5) is 0 Å². The molecule has 0 aliphatic heterocycles. The largest absolute Gasteiger partial charge is 0.368 e. The molecular formula is C16H24N4O. The van der Waals surface area contributed by atoms with E-state index in [0.717, 1.165) is 23.9 Å². The zero-order chi connectivity index (χ0) is 15.5. The maximum Gasteiger partial charge on any atom is 0.237 e. The molecule has 0 bridgehead atoms. The molecule has 2 aromatic rings. The lowest BCUT2D eigenvalue weighted by Gasteiger charge is -2.30. The van der Waals surface area contributed by atoms with Crippen LogP contribution in [0.1, 0.15) is 39.7 Å². The molecule has 1 amide bonds. The number of aromatic nitrogens is 2. The Hall–Kier alpha value is -1.88. The Labute approximate surface area is 125 Å². The van der Waals surface area contributed by atoms with Gasteiger partial charge in [-0.3, -0.25) is 9.48 Å². The monoisotopic (exact) mass is 288 g/mol. The summed E-state index contributed by atoms with van der Waals surface area (Å²) in [7, 11) is 0. The van der Waals surface area contributed by atoms with Crippen LogP contribution in [0.3, 0.4) is 0 Å². The van der Waals surface area contributed by atoms with Crippen molar-refractivity contribution in [1.82, 2.24) is 15.1 Å². The number of amides is 1. The molecular weight excluding hydrogens is 264 g/mol. The lowest BCUT2D eigenvalue weighted by atomic mass is 9.92. The van der Waals surface area contributed by atoms with E-state index in [0.29, 0.717) is 6.42 Å². The minimum absolute atomic E-state index is 0.0757. The van der Waals surface area contributed by atoms with Crippen LogP contribution < -0.4 is 11.1 Å². The first kappa shape index (κ1) is 15.5. The predicted octanol–water partition coefficient (Wildman–Crippen LogP) is 2.23. The summed E-state index contributed by atoms with van der Waals surface area (Å²) in [5.41, 5.74) is 5.95. The van der Waals surface area contributed by atoms with Gasteiger partial charge >= 0.3 is 0 Å². The third-order valence-electron chi connectivity index (χ3n) is 3.93. The first-order chi connectivity index (χ1) is 9.98. The summed E-state index contributed by atoms with van der Waals surface area (Å²) in [6.45, 7) is 6.77. The number of hydrogen-bond acceptors (Lipinski definition) is 3. The number of carbonyl (C=O) groups excluding carboxylic acids is 1. The Kier molecular flexibility index (Phi) is 4.63. The molecule has 0 saturated carbocycles. The van der Waals surface area contributed by atoms with Crippen LogP contribution in [-0.2, 0) is 4.79 Å². The summed E-state index contributed by atoms with van der Waals surface area (Å²) in [6.07, 6.45) is 3.42. The van der Waals surface area contributed by atoms with E-state index in [4.69, 9.17) is 5.73 Å². The molecule has 2 atom stereocenters. The number of fused-ring (bicyclic) bond motifs is 1. The molecule has 0 spiro atoms. The highest BCUT2D eigenvalue weighted by atomic mass is 16.1. The number of nitrogens with one attached hydrogen (secondary N) is 1. The van der Waals surface area contributed by atoms with Crippen molar-refractivity contribution in [2.45, 2.75) is 45.2 Å². The van der Waals surface area contributed by atoms with Gasteiger partial charge in [-0.2, -0.15) is 5.10 Å². The summed E-state index contributed by atoms with van der Waals surface area (Å²) in [6, 6.07) is 8.14. The third kappa shape index (κ3) is 3.24. The highest BCUT2D eigenvalue weighted by Crippen LogP contribution is 2.24. The second-order valence-corrected chi connectivity index (χ2v) is 5.82. The zero-order valence-electron chi connectivity index (χ0n) is 13.0. The van der Waals surface area contributed by atoms with E-state index in [1.54, 1.807) is 0 Å². The van der Waals surface area contributed by atoms with Crippen LogP contribution in [0.25, 0.3) is 10.9 Å². The van der Waals surface area contributed by atoms with Gasteiger partial charge in [-0.05, 0) is 39.3 Å². The van der Waals surface area contributed by atoms with Crippen LogP contribution in [0.5, 0.6) is 0 Å². The quantitative estimate of drug-likeness (QED) is 0.820. The molecule has 1 aromatic carbocycles. The minimum Gasteiger partial charge on any atom is -0.368 e. The van der Waals surface area contributed by atoms with Gasteiger partial charge in [-0.15, -0.1) is 0 Å². The van der Waals surface area contributed by atoms with Crippen molar-refractivity contribution in [3.63, 3.8) is 0 Å². The molecule has 0 saturated heterocycles. The van der Waals surface area contributed by atoms with Crippen LogP contribution in [0.2, 0.25) is 0 Å². The van der Waals surface area contributed by atoms with E-state index in [1.165, 1.54) is 0 Å². The Morgan fingerprint density at radius 3 is 2.86 bits per heavy atom. The lowest BCUT2D eigenvalue weighted by Crippen LogP contribution is -2.54. The molecule has 0 aliphatic carbocycles. The van der Waals surface area contributed by atoms with E-state index >= 15 is 0 Å². The summed E-state index contributed by atoms with van der Waals surface area (Å²) in [5, 5.41) is 8.83. The van der Waals surface area contributed by atoms with Crippen molar-refractivity contribution >= 4 is 16.8 Å². The molecule has 2 unspecified atom stereocenters. The molecule has 21 heavy (non-hydrogen) atoms. The van der Waals surface area contributed by atoms with Crippen LogP contribution in [0, 0.1) is 0 Å². The number of benzene rings is 1. The van der Waals surface area contributed by atoms with Gasteiger partial charge in [0.1, 0.15) is 0 Å². The molecule has 3 N–H and O–H groups in total. The van der Waals surface area contributed by atoms with Crippen molar-refractivity contribution in [2.24, 2.45) is 5.73 Å². The van der Waals surface area contributed by atoms with E-state index in [1.807, 2.05) is 42.1 Å². The number of rotatable bonds is 7. The number of primary amides is 1. The summed E-state index contributed by atoms with van der Waals surface area (Å²) < 4.78 is 1.96. The SMILES string of the molecule is CCCNC(C)(CC(C)n1ncc2ccccc21)C(N)=O. The fourth-order valence-corrected chi connectivity index (χ4v) is 2.68. The smallest absolute Gasteiger partial charge is 0.237 e. The van der Waals surface area contributed by atoms with Gasteiger partial charge in [0, 0.05) is 5.39 Å². The molecule has 114 valence electrons. The first-order valence-corrected chi connectivity index (χ1v) is 7.45. The first-order valence-electron chi connectivity index (χ1n) is 7.45. The standard InChI is InChI=1S/C16H24N4O/c1-4-9-18-16(3,15(17)21)10-12(2)20-14-8-6-5-7-13(14)11-19-20/h5-8,11-12,18H,4,9-10H2,1-3H3,(H2,17,21). The second kappa shape index (κ2) is 6.26. The number of para-hydroxylation sites is 1. The van der Waals surface area contributed by atoms with E-state index < -0.39 is 5.54 Å². The van der Waals surface area contributed by atoms with Gasteiger partial charge in [-0.1, -0.05) is 25.1 Å². The minimum atomic E-state index is -0.720. The van der Waals surface area contributed by atoms with Crippen LogP contribution >= 0.6 is 0 Å². The fourth-order valence-electron chi connectivity index (χ4n) is 2.68. The Balaban J connectivity index is 2.22. The van der Waals surface area contributed by atoms with Gasteiger partial charge in [-0.25, -0.2) is 0 Å². The summed E-state index contributed by atoms with van der Waals surface area (Å²) >= 11 is 0. The third-order valence-corrected chi connectivity index (χ3v) is 3.93. The van der Waals surface area contributed by atoms with E-state index in [2.05, 4.69) is 24.3 Å². The molecule has 0 aliphatic rings. The van der Waals surface area contributed by atoms with Crippen LogP contribution in [0.15, 0.2) is 30.5 Å². The van der Waals surface area contributed by atoms with Gasteiger partial charge < -0.3 is 11.1 Å². The van der Waals surface area contributed by atoms with E-state index in [-0.39, 0.29) is 11.9 Å². The van der Waals surface area contributed by atoms with Crippen molar-refractivity contribution < 1.29 is 4.79 Å². The van der Waals surface area contributed by atoms with E-state index in [9.17, 15) is 4.79 Å². The van der Waals surface area contributed by atoms with Crippen molar-refractivity contribution in [2.75, 3.05) is 6.54 Å². The summed E-state index contributed by atoms with van der Waals surface area (Å²) in [5.74, 6) is -0.320. The van der Waals surface area contributed by atoms with Gasteiger partial charge in [0.2, 0.25) is 5.91 Å². The highest BCUT2D eigenvalue weighted by molar-refractivity contribution is 5.84. The Morgan fingerprint density at radius 1 is 1.48 bits per heavy atom. The average Bonchev–Trinajstić information content (AvgIpc) is 2.89. The molecule has 0 fully saturated rings. The van der Waals surface area contributed by atoms with Crippen molar-refractivity contribution in [1.29, 1.82) is 0 Å². The average molecular weight is 288 g/mol. The van der Waals surface area contributed by atoms with Crippen LogP contribution in [-0.4, -0.2) is 27.8 Å². The highest BCUT2D eigenvalue weighted by Gasteiger charge is 2.33. The Morgan fingerprint density at radius 2 is 2.19 bits per heavy atom. The summed E-state index contributed by atoms with van der Waals surface area (Å²) in [4.78, 5) is 11.8. The fraction of sp³-hybridized carbons (Fsp3) is 0.500. The number of carbonyl (C=O) groups is 1. The molecule has 5 nitrogen and oxygen atoms in total. The molecule has 2 rings (SSSR count). The molecule has 1 heterocycles. The maximum atomic E-state index is 11.8. The lowest BCUT2D eigenvalue weighted by molar-refractivity contribution is -0.124. The normalized spacial score (nSPS) is 15.8. The maximum absolute atomic E-state index is 11.8. The van der Waals surface area contributed by atoms with Gasteiger partial charge in [0.05, 0.1) is 23.3 Å². The number of nitrogens with zero attached hydrogens (tertiary/aromatic N) is 2. The van der Waals surface area contributed by atoms with Gasteiger partial charge in [0.15, 0.2) is 0 Å². The second-order valence-electron chi connectivity index (χ2n) is 5.82. The molecule has 5 heteroatoms. The van der Waals surface area contributed by atoms with Crippen molar-refractivity contribution in [3.8, 4) is 0 Å². The topological polar surface area (TPSA) is 72.9 Å². The Bertz CT molecular complexity index is 622.